The van der Waals surface area contributed by atoms with Gasteiger partial charge in [-0.1, -0.05) is 0 Å². The van der Waals surface area contributed by atoms with Gasteiger partial charge in [-0.05, 0) is 37.5 Å². The van der Waals surface area contributed by atoms with Crippen molar-refractivity contribution >= 4 is 17.8 Å². The molecule has 0 spiro atoms. The third kappa shape index (κ3) is 5.88. The topological polar surface area (TPSA) is 97.3 Å². The summed E-state index contributed by atoms with van der Waals surface area (Å²) in [5.74, 6) is -0.641. The lowest BCUT2D eigenvalue weighted by Gasteiger charge is -2.18. The van der Waals surface area contributed by atoms with Crippen LogP contribution in [0.2, 0.25) is 0 Å². The average Bonchev–Trinajstić information content (AvgIpc) is 3.51. The predicted octanol–water partition coefficient (Wildman–Crippen LogP) is 2.74. The molecule has 30 heavy (non-hydrogen) atoms. The quantitative estimate of drug-likeness (QED) is 0.736. The number of carbonyl (C=O) groups excluding carboxylic acids is 2. The zero-order valence-corrected chi connectivity index (χ0v) is 16.4. The number of pyridine rings is 1. The van der Waals surface area contributed by atoms with Crippen molar-refractivity contribution in [1.82, 2.24) is 19.9 Å². The number of hydrogen-bond acceptors (Lipinski definition) is 6. The minimum absolute atomic E-state index is 0.0190. The van der Waals surface area contributed by atoms with Crippen LogP contribution in [-0.2, 0) is 11.3 Å². The van der Waals surface area contributed by atoms with E-state index >= 15 is 0 Å². The van der Waals surface area contributed by atoms with E-state index in [1.54, 1.807) is 20.0 Å². The number of ether oxygens (including phenoxy) is 1. The largest absolute Gasteiger partial charge is 0.468 e. The standard InChI is InChI=1S/C19H20F3N5O3/c1-11-7-12(8-24-16(11)30-10-19(20,21)22)9-27(2)17(29)14-5-6-23-18(25-14)26-15(28)13-3-4-13/h5-8,13H,3-4,9-10H2,1-2H3,(H,23,25,26,28). The lowest BCUT2D eigenvalue weighted by molar-refractivity contribution is -0.154. The molecule has 1 N–H and O–H groups in total. The molecule has 0 saturated heterocycles. The van der Waals surface area contributed by atoms with Crippen molar-refractivity contribution in [2.45, 2.75) is 32.5 Å². The SMILES string of the molecule is Cc1cc(CN(C)C(=O)c2ccnc(NC(=O)C3CC3)n2)cnc1OCC(F)(F)F. The summed E-state index contributed by atoms with van der Waals surface area (Å²) in [7, 11) is 1.55. The number of amides is 2. The number of nitrogens with one attached hydrogen (secondary N) is 1. The van der Waals surface area contributed by atoms with Crippen molar-refractivity contribution in [3.8, 4) is 5.88 Å². The molecular weight excluding hydrogens is 403 g/mol. The molecule has 11 heteroatoms. The van der Waals surface area contributed by atoms with Gasteiger partial charge in [0.05, 0.1) is 0 Å². The summed E-state index contributed by atoms with van der Waals surface area (Å²) in [4.78, 5) is 37.8. The van der Waals surface area contributed by atoms with Crippen LogP contribution in [0.3, 0.4) is 0 Å². The Hall–Kier alpha value is -3.24. The summed E-state index contributed by atoms with van der Waals surface area (Å²) < 4.78 is 41.5. The number of anilines is 1. The lowest BCUT2D eigenvalue weighted by atomic mass is 10.2. The van der Waals surface area contributed by atoms with Gasteiger partial charge in [-0.15, -0.1) is 0 Å². The van der Waals surface area contributed by atoms with E-state index in [1.807, 2.05) is 0 Å². The zero-order chi connectivity index (χ0) is 21.9. The molecule has 2 heterocycles. The number of nitrogens with zero attached hydrogens (tertiary/aromatic N) is 4. The molecule has 0 radical (unpaired) electrons. The smallest absolute Gasteiger partial charge is 0.422 e. The van der Waals surface area contributed by atoms with Gasteiger partial charge in [0, 0.05) is 37.5 Å². The van der Waals surface area contributed by atoms with Crippen LogP contribution in [-0.4, -0.2) is 51.5 Å². The number of aromatic nitrogens is 3. The molecule has 8 nitrogen and oxygen atoms in total. The minimum atomic E-state index is -4.45. The molecule has 2 amide bonds. The molecular formula is C19H20F3N5O3. The van der Waals surface area contributed by atoms with Crippen LogP contribution in [0.1, 0.15) is 34.5 Å². The van der Waals surface area contributed by atoms with Gasteiger partial charge < -0.3 is 9.64 Å². The van der Waals surface area contributed by atoms with Crippen molar-refractivity contribution < 1.29 is 27.5 Å². The molecule has 2 aromatic rings. The third-order valence-corrected chi connectivity index (χ3v) is 4.28. The van der Waals surface area contributed by atoms with E-state index in [1.165, 1.54) is 23.4 Å². The Morgan fingerprint density at radius 2 is 2.03 bits per heavy atom. The summed E-state index contributed by atoms with van der Waals surface area (Å²) >= 11 is 0. The van der Waals surface area contributed by atoms with Gasteiger partial charge in [-0.2, -0.15) is 13.2 Å². The van der Waals surface area contributed by atoms with Crippen LogP contribution in [0.15, 0.2) is 24.5 Å². The molecule has 0 aliphatic heterocycles. The van der Waals surface area contributed by atoms with Crippen LogP contribution in [0.25, 0.3) is 0 Å². The predicted molar refractivity (Wildman–Crippen MR) is 99.7 cm³/mol. The number of halogens is 3. The molecule has 1 aliphatic rings. The zero-order valence-electron chi connectivity index (χ0n) is 16.4. The van der Waals surface area contributed by atoms with E-state index in [9.17, 15) is 22.8 Å². The Kier molecular flexibility index (Phi) is 6.18. The Balaban J connectivity index is 1.62. The average molecular weight is 423 g/mol. The van der Waals surface area contributed by atoms with Gasteiger partial charge in [-0.3, -0.25) is 14.9 Å². The molecule has 1 aliphatic carbocycles. The van der Waals surface area contributed by atoms with Gasteiger partial charge in [-0.25, -0.2) is 15.0 Å². The van der Waals surface area contributed by atoms with Gasteiger partial charge in [0.1, 0.15) is 5.69 Å². The highest BCUT2D eigenvalue weighted by molar-refractivity contribution is 5.94. The first-order valence-corrected chi connectivity index (χ1v) is 9.17. The van der Waals surface area contributed by atoms with Crippen LogP contribution in [0.5, 0.6) is 5.88 Å². The molecule has 3 rings (SSSR count). The Bertz CT molecular complexity index is 947. The van der Waals surface area contributed by atoms with Crippen LogP contribution in [0.4, 0.5) is 19.1 Å². The minimum Gasteiger partial charge on any atom is -0.468 e. The molecule has 0 bridgehead atoms. The summed E-state index contributed by atoms with van der Waals surface area (Å²) in [6.45, 7) is 0.301. The Morgan fingerprint density at radius 1 is 1.30 bits per heavy atom. The second-order valence-corrected chi connectivity index (χ2v) is 7.06. The monoisotopic (exact) mass is 423 g/mol. The number of rotatable bonds is 7. The highest BCUT2D eigenvalue weighted by atomic mass is 19.4. The fraction of sp³-hybridized carbons (Fsp3) is 0.421. The first-order chi connectivity index (χ1) is 14.1. The highest BCUT2D eigenvalue weighted by Crippen LogP contribution is 2.29. The Morgan fingerprint density at radius 3 is 2.67 bits per heavy atom. The first-order valence-electron chi connectivity index (χ1n) is 9.17. The number of alkyl halides is 3. The van der Waals surface area contributed by atoms with Crippen molar-refractivity contribution in [2.24, 2.45) is 5.92 Å². The van der Waals surface area contributed by atoms with Crippen molar-refractivity contribution in [3.63, 3.8) is 0 Å². The van der Waals surface area contributed by atoms with Gasteiger partial charge in [0.2, 0.25) is 17.7 Å². The molecule has 1 fully saturated rings. The maximum absolute atomic E-state index is 12.7. The van der Waals surface area contributed by atoms with Gasteiger partial charge in [0.15, 0.2) is 6.61 Å². The molecule has 1 saturated carbocycles. The van der Waals surface area contributed by atoms with Gasteiger partial charge >= 0.3 is 6.18 Å². The second-order valence-electron chi connectivity index (χ2n) is 7.06. The summed E-state index contributed by atoms with van der Waals surface area (Å²) in [5.41, 5.74) is 1.14. The van der Waals surface area contributed by atoms with Crippen LogP contribution in [0, 0.1) is 12.8 Å². The number of carbonyl (C=O) groups is 2. The summed E-state index contributed by atoms with van der Waals surface area (Å²) in [6.07, 6.45) is -0.0475. The first kappa shape index (κ1) is 21.5. The highest BCUT2D eigenvalue weighted by Gasteiger charge is 2.30. The van der Waals surface area contributed by atoms with E-state index in [4.69, 9.17) is 0 Å². The van der Waals surface area contributed by atoms with Crippen molar-refractivity contribution in [2.75, 3.05) is 19.0 Å². The van der Waals surface area contributed by atoms with Crippen LogP contribution >= 0.6 is 0 Å². The van der Waals surface area contributed by atoms with E-state index in [-0.39, 0.29) is 35.9 Å². The second kappa shape index (κ2) is 8.64. The number of hydrogen-bond donors (Lipinski definition) is 1. The molecule has 0 atom stereocenters. The summed E-state index contributed by atoms with van der Waals surface area (Å²) in [6, 6.07) is 3.03. The van der Waals surface area contributed by atoms with E-state index in [2.05, 4.69) is 25.0 Å². The maximum Gasteiger partial charge on any atom is 0.422 e. The van der Waals surface area contributed by atoms with E-state index in [0.717, 1.165) is 12.8 Å². The lowest BCUT2D eigenvalue weighted by Crippen LogP contribution is -2.28. The fourth-order valence-electron chi connectivity index (χ4n) is 2.65. The van der Waals surface area contributed by atoms with E-state index in [0.29, 0.717) is 11.1 Å². The molecule has 2 aromatic heterocycles. The maximum atomic E-state index is 12.7. The number of aryl methyl sites for hydroxylation is 1. The normalized spacial score (nSPS) is 13.6. The van der Waals surface area contributed by atoms with Gasteiger partial charge in [0.25, 0.3) is 5.91 Å². The summed E-state index contributed by atoms with van der Waals surface area (Å²) in [5, 5.41) is 2.59. The van der Waals surface area contributed by atoms with Crippen molar-refractivity contribution in [1.29, 1.82) is 0 Å². The van der Waals surface area contributed by atoms with E-state index < -0.39 is 18.7 Å². The van der Waals surface area contributed by atoms with Crippen LogP contribution < -0.4 is 10.1 Å². The third-order valence-electron chi connectivity index (χ3n) is 4.28. The fourth-order valence-corrected chi connectivity index (χ4v) is 2.65. The molecule has 0 unspecified atom stereocenters. The molecule has 0 aromatic carbocycles. The van der Waals surface area contributed by atoms with Crippen molar-refractivity contribution in [3.05, 3.63) is 41.3 Å². The Labute approximate surface area is 170 Å². The molecule has 160 valence electrons.